The number of thioether (sulfide) groups is 1. The third kappa shape index (κ3) is 3.82. The Morgan fingerprint density at radius 3 is 2.62 bits per heavy atom. The molecule has 0 radical (unpaired) electrons. The van der Waals surface area contributed by atoms with Crippen LogP contribution >= 0.6 is 11.8 Å². The second-order valence-electron chi connectivity index (χ2n) is 5.66. The van der Waals surface area contributed by atoms with Gasteiger partial charge in [0.2, 0.25) is 0 Å². The standard InChI is InChI=1S/C17H23N3S/c1-21-17-9-7-14(8-10-17)18-13-15-11-12-20(19-15)16-5-3-2-4-6-16/h7-12,16,18H,2-6,13H2,1H3. The van der Waals surface area contributed by atoms with E-state index in [9.17, 15) is 0 Å². The monoisotopic (exact) mass is 301 g/mol. The zero-order valence-electron chi connectivity index (χ0n) is 12.6. The first-order valence-corrected chi connectivity index (χ1v) is 8.99. The molecule has 1 aliphatic carbocycles. The molecular weight excluding hydrogens is 278 g/mol. The molecule has 0 unspecified atom stereocenters. The third-order valence-electron chi connectivity index (χ3n) is 4.18. The normalized spacial score (nSPS) is 16.0. The van der Waals surface area contributed by atoms with Crippen LogP contribution in [0.2, 0.25) is 0 Å². The predicted molar refractivity (Wildman–Crippen MR) is 89.9 cm³/mol. The van der Waals surface area contributed by atoms with Gasteiger partial charge in [0.05, 0.1) is 18.3 Å². The summed E-state index contributed by atoms with van der Waals surface area (Å²) in [5.41, 5.74) is 2.27. The summed E-state index contributed by atoms with van der Waals surface area (Å²) in [5.74, 6) is 0. The summed E-state index contributed by atoms with van der Waals surface area (Å²) in [5, 5.41) is 8.18. The van der Waals surface area contributed by atoms with Crippen LogP contribution in [0.1, 0.15) is 43.8 Å². The fourth-order valence-corrected chi connectivity index (χ4v) is 3.33. The van der Waals surface area contributed by atoms with Crippen molar-refractivity contribution in [1.29, 1.82) is 0 Å². The van der Waals surface area contributed by atoms with Gasteiger partial charge in [0.15, 0.2) is 0 Å². The lowest BCUT2D eigenvalue weighted by atomic mass is 9.96. The van der Waals surface area contributed by atoms with E-state index in [1.807, 2.05) is 0 Å². The molecule has 0 spiro atoms. The molecule has 3 nitrogen and oxygen atoms in total. The fourth-order valence-electron chi connectivity index (χ4n) is 2.92. The number of anilines is 1. The van der Waals surface area contributed by atoms with Crippen LogP contribution in [-0.4, -0.2) is 16.0 Å². The Hall–Kier alpha value is -1.42. The molecule has 1 heterocycles. The highest BCUT2D eigenvalue weighted by Gasteiger charge is 2.15. The third-order valence-corrected chi connectivity index (χ3v) is 4.92. The maximum Gasteiger partial charge on any atom is 0.0815 e. The van der Waals surface area contributed by atoms with E-state index in [-0.39, 0.29) is 0 Å². The van der Waals surface area contributed by atoms with Gasteiger partial charge in [0.25, 0.3) is 0 Å². The van der Waals surface area contributed by atoms with Gasteiger partial charge in [0, 0.05) is 16.8 Å². The van der Waals surface area contributed by atoms with Gasteiger partial charge in [-0.1, -0.05) is 19.3 Å². The Morgan fingerprint density at radius 1 is 1.14 bits per heavy atom. The Kier molecular flexibility index (Phi) is 4.86. The molecule has 0 amide bonds. The molecule has 2 aromatic rings. The highest BCUT2D eigenvalue weighted by atomic mass is 32.2. The van der Waals surface area contributed by atoms with E-state index in [0.717, 1.165) is 17.9 Å². The van der Waals surface area contributed by atoms with Crippen LogP contribution in [0.5, 0.6) is 0 Å². The summed E-state index contributed by atoms with van der Waals surface area (Å²) in [6.45, 7) is 0.790. The van der Waals surface area contributed by atoms with Crippen molar-refractivity contribution in [1.82, 2.24) is 9.78 Å². The van der Waals surface area contributed by atoms with Crippen molar-refractivity contribution < 1.29 is 0 Å². The van der Waals surface area contributed by atoms with Gasteiger partial charge in [-0.05, 0) is 49.4 Å². The minimum atomic E-state index is 0.619. The molecule has 1 saturated carbocycles. The molecule has 1 aromatic heterocycles. The molecule has 3 rings (SSSR count). The smallest absolute Gasteiger partial charge is 0.0815 e. The van der Waals surface area contributed by atoms with Crippen LogP contribution in [0.4, 0.5) is 5.69 Å². The maximum absolute atomic E-state index is 4.73. The van der Waals surface area contributed by atoms with Crippen LogP contribution in [0.15, 0.2) is 41.4 Å². The molecule has 21 heavy (non-hydrogen) atoms. The SMILES string of the molecule is CSc1ccc(NCc2ccn(C3CCCCC3)n2)cc1. The molecule has 1 aliphatic rings. The Balaban J connectivity index is 1.56. The van der Waals surface area contributed by atoms with Gasteiger partial charge >= 0.3 is 0 Å². The zero-order valence-corrected chi connectivity index (χ0v) is 13.4. The molecule has 1 fully saturated rings. The molecule has 0 saturated heterocycles. The highest BCUT2D eigenvalue weighted by Crippen LogP contribution is 2.27. The van der Waals surface area contributed by atoms with Crippen LogP contribution in [-0.2, 0) is 6.54 Å². The summed E-state index contributed by atoms with van der Waals surface area (Å²) in [7, 11) is 0. The molecule has 0 aliphatic heterocycles. The highest BCUT2D eigenvalue weighted by molar-refractivity contribution is 7.98. The second-order valence-corrected chi connectivity index (χ2v) is 6.54. The number of nitrogens with one attached hydrogen (secondary N) is 1. The van der Waals surface area contributed by atoms with Crippen molar-refractivity contribution in [2.24, 2.45) is 0 Å². The van der Waals surface area contributed by atoms with Gasteiger partial charge in [-0.3, -0.25) is 4.68 Å². The van der Waals surface area contributed by atoms with E-state index in [4.69, 9.17) is 5.10 Å². The number of aromatic nitrogens is 2. The van der Waals surface area contributed by atoms with Crippen LogP contribution in [0.25, 0.3) is 0 Å². The first kappa shape index (κ1) is 14.5. The second kappa shape index (κ2) is 7.03. The van der Waals surface area contributed by atoms with Crippen molar-refractivity contribution in [3.05, 3.63) is 42.2 Å². The van der Waals surface area contributed by atoms with E-state index in [2.05, 4.69) is 52.8 Å². The van der Waals surface area contributed by atoms with Crippen molar-refractivity contribution in [2.45, 2.75) is 49.6 Å². The first-order valence-electron chi connectivity index (χ1n) is 7.77. The van der Waals surface area contributed by atoms with Gasteiger partial charge in [-0.25, -0.2) is 0 Å². The number of rotatable bonds is 5. The summed E-state index contributed by atoms with van der Waals surface area (Å²) < 4.78 is 2.17. The number of benzene rings is 1. The number of hydrogen-bond donors (Lipinski definition) is 1. The Morgan fingerprint density at radius 2 is 1.90 bits per heavy atom. The fraction of sp³-hybridized carbons (Fsp3) is 0.471. The van der Waals surface area contributed by atoms with Crippen LogP contribution in [0.3, 0.4) is 0 Å². The zero-order chi connectivity index (χ0) is 14.5. The van der Waals surface area contributed by atoms with Gasteiger partial charge in [0.1, 0.15) is 0 Å². The molecule has 1 aromatic carbocycles. The van der Waals surface area contributed by atoms with Crippen molar-refractivity contribution in [3.8, 4) is 0 Å². The van der Waals surface area contributed by atoms with Crippen molar-refractivity contribution >= 4 is 17.4 Å². The molecule has 0 bridgehead atoms. The van der Waals surface area contributed by atoms with E-state index in [0.29, 0.717) is 6.04 Å². The van der Waals surface area contributed by atoms with Crippen molar-refractivity contribution in [2.75, 3.05) is 11.6 Å². The lowest BCUT2D eigenvalue weighted by molar-refractivity contribution is 0.328. The average Bonchev–Trinajstić information content (AvgIpc) is 3.03. The molecule has 0 atom stereocenters. The largest absolute Gasteiger partial charge is 0.379 e. The van der Waals surface area contributed by atoms with Crippen LogP contribution < -0.4 is 5.32 Å². The first-order chi connectivity index (χ1) is 10.3. The number of hydrogen-bond acceptors (Lipinski definition) is 3. The van der Waals surface area contributed by atoms with Crippen molar-refractivity contribution in [3.63, 3.8) is 0 Å². The minimum Gasteiger partial charge on any atom is -0.379 e. The predicted octanol–water partition coefficient (Wildman–Crippen LogP) is 4.72. The molecular formula is C17H23N3S. The summed E-state index contributed by atoms with van der Waals surface area (Å²) >= 11 is 1.77. The average molecular weight is 301 g/mol. The summed E-state index contributed by atoms with van der Waals surface area (Å²) in [6.07, 6.45) is 10.9. The Bertz CT molecular complexity index is 556. The van der Waals surface area contributed by atoms with Gasteiger partial charge in [-0.2, -0.15) is 5.10 Å². The summed E-state index contributed by atoms with van der Waals surface area (Å²) in [4.78, 5) is 1.29. The van der Waals surface area contributed by atoms with Crippen LogP contribution in [0, 0.1) is 0 Å². The van der Waals surface area contributed by atoms with E-state index < -0.39 is 0 Å². The van der Waals surface area contributed by atoms with E-state index in [1.165, 1.54) is 37.0 Å². The topological polar surface area (TPSA) is 29.9 Å². The van der Waals surface area contributed by atoms with E-state index in [1.54, 1.807) is 11.8 Å². The molecule has 1 N–H and O–H groups in total. The Labute approximate surface area is 131 Å². The number of nitrogens with zero attached hydrogens (tertiary/aromatic N) is 2. The van der Waals surface area contributed by atoms with E-state index >= 15 is 0 Å². The van der Waals surface area contributed by atoms with Gasteiger partial charge < -0.3 is 5.32 Å². The quantitative estimate of drug-likeness (QED) is 0.810. The van der Waals surface area contributed by atoms with Gasteiger partial charge in [-0.15, -0.1) is 11.8 Å². The molecule has 4 heteroatoms. The maximum atomic E-state index is 4.73. The lowest BCUT2D eigenvalue weighted by Crippen LogP contribution is -2.13. The minimum absolute atomic E-state index is 0.619. The lowest BCUT2D eigenvalue weighted by Gasteiger charge is -2.21. The summed E-state index contributed by atoms with van der Waals surface area (Å²) in [6, 6.07) is 11.3. The molecule has 112 valence electrons.